The molecule has 4 heteroatoms. The van der Waals surface area contributed by atoms with Gasteiger partial charge in [0, 0.05) is 19.2 Å². The van der Waals surface area contributed by atoms with E-state index in [2.05, 4.69) is 0 Å². The fraction of sp³-hybridized carbons (Fsp3) is 0.800. The minimum Gasteiger partial charge on any atom is -0.449 e. The van der Waals surface area contributed by atoms with E-state index in [4.69, 9.17) is 4.74 Å². The van der Waals surface area contributed by atoms with E-state index in [-0.39, 0.29) is 6.09 Å². The van der Waals surface area contributed by atoms with Gasteiger partial charge in [0.05, 0.1) is 6.61 Å². The minimum atomic E-state index is -0.200. The zero-order valence-electron chi connectivity index (χ0n) is 5.29. The van der Waals surface area contributed by atoms with Crippen LogP contribution in [0.15, 0.2) is 0 Å². The molecular formula is C5H9NO2S. The van der Waals surface area contributed by atoms with E-state index in [0.717, 1.165) is 13.0 Å². The van der Waals surface area contributed by atoms with Gasteiger partial charge in [-0.15, -0.1) is 0 Å². The quantitative estimate of drug-likeness (QED) is 0.520. The molecule has 0 aliphatic carbocycles. The summed E-state index contributed by atoms with van der Waals surface area (Å²) < 4.78 is 6.36. The molecule has 1 aliphatic rings. The molecule has 0 aromatic heterocycles. The van der Waals surface area contributed by atoms with Crippen molar-refractivity contribution in [3.05, 3.63) is 0 Å². The first-order chi connectivity index (χ1) is 4.34. The largest absolute Gasteiger partial charge is 0.449 e. The Labute approximate surface area is 58.5 Å². The minimum absolute atomic E-state index is 0.200. The molecule has 0 saturated carbocycles. The molecular weight excluding hydrogens is 138 g/mol. The van der Waals surface area contributed by atoms with Crippen LogP contribution in [0, 0.1) is 0 Å². The fourth-order valence-corrected chi connectivity index (χ4v) is 1.21. The standard InChI is InChI=1S/C5H9NO2S/c1-9-6-3-2-4-8-5(6)7/h2-4H2,1H3. The number of amides is 1. The molecule has 9 heavy (non-hydrogen) atoms. The van der Waals surface area contributed by atoms with Gasteiger partial charge in [0.15, 0.2) is 0 Å². The number of hydrogen-bond donors (Lipinski definition) is 0. The van der Waals surface area contributed by atoms with Crippen LogP contribution in [0.5, 0.6) is 0 Å². The van der Waals surface area contributed by atoms with Crippen molar-refractivity contribution in [3.8, 4) is 0 Å². The molecule has 3 nitrogen and oxygen atoms in total. The second-order valence-corrected chi connectivity index (χ2v) is 2.56. The summed E-state index contributed by atoms with van der Waals surface area (Å²) in [6.45, 7) is 1.40. The highest BCUT2D eigenvalue weighted by Crippen LogP contribution is 2.12. The van der Waals surface area contributed by atoms with Crippen LogP contribution in [-0.4, -0.2) is 29.8 Å². The Balaban J connectivity index is 2.39. The number of rotatable bonds is 1. The summed E-state index contributed by atoms with van der Waals surface area (Å²) in [4.78, 5) is 10.7. The summed E-state index contributed by atoms with van der Waals surface area (Å²) in [5.41, 5.74) is 0. The normalized spacial score (nSPS) is 19.7. The molecule has 1 amide bonds. The van der Waals surface area contributed by atoms with E-state index in [0.29, 0.717) is 6.61 Å². The number of carbonyl (C=O) groups is 1. The highest BCUT2D eigenvalue weighted by molar-refractivity contribution is 7.96. The molecule has 1 rings (SSSR count). The average molecular weight is 147 g/mol. The Morgan fingerprint density at radius 1 is 1.78 bits per heavy atom. The van der Waals surface area contributed by atoms with Crippen LogP contribution in [0.3, 0.4) is 0 Å². The number of nitrogens with zero attached hydrogens (tertiary/aromatic N) is 1. The third kappa shape index (κ3) is 1.51. The maximum atomic E-state index is 10.7. The first kappa shape index (κ1) is 6.74. The lowest BCUT2D eigenvalue weighted by molar-refractivity contribution is 0.105. The van der Waals surface area contributed by atoms with Crippen LogP contribution >= 0.6 is 11.9 Å². The summed E-state index contributed by atoms with van der Waals surface area (Å²) >= 11 is 1.41. The highest BCUT2D eigenvalue weighted by atomic mass is 32.2. The van der Waals surface area contributed by atoms with Gasteiger partial charge >= 0.3 is 6.09 Å². The molecule has 52 valence electrons. The molecule has 0 aromatic rings. The number of cyclic esters (lactones) is 1. The molecule has 1 aliphatic heterocycles. The molecule has 0 unspecified atom stereocenters. The molecule has 1 fully saturated rings. The Bertz CT molecular complexity index is 118. The summed E-state index contributed by atoms with van der Waals surface area (Å²) in [5, 5.41) is 0. The fourth-order valence-electron chi connectivity index (χ4n) is 0.697. The van der Waals surface area contributed by atoms with Crippen molar-refractivity contribution < 1.29 is 9.53 Å². The zero-order valence-corrected chi connectivity index (χ0v) is 6.11. The zero-order chi connectivity index (χ0) is 6.69. The van der Waals surface area contributed by atoms with Crippen LogP contribution in [-0.2, 0) is 4.74 Å². The van der Waals surface area contributed by atoms with Gasteiger partial charge in [0.2, 0.25) is 0 Å². The van der Waals surface area contributed by atoms with Crippen molar-refractivity contribution in [2.24, 2.45) is 0 Å². The molecule has 1 heterocycles. The summed E-state index contributed by atoms with van der Waals surface area (Å²) in [7, 11) is 0. The summed E-state index contributed by atoms with van der Waals surface area (Å²) in [5.74, 6) is 0. The Morgan fingerprint density at radius 3 is 3.00 bits per heavy atom. The Kier molecular flexibility index (Phi) is 2.22. The maximum absolute atomic E-state index is 10.7. The van der Waals surface area contributed by atoms with Crippen molar-refractivity contribution in [3.63, 3.8) is 0 Å². The van der Waals surface area contributed by atoms with Crippen LogP contribution < -0.4 is 0 Å². The van der Waals surface area contributed by atoms with E-state index in [1.54, 1.807) is 4.31 Å². The van der Waals surface area contributed by atoms with Crippen molar-refractivity contribution in [1.82, 2.24) is 4.31 Å². The van der Waals surface area contributed by atoms with Gasteiger partial charge in [-0.1, -0.05) is 0 Å². The van der Waals surface area contributed by atoms with Crippen molar-refractivity contribution in [1.29, 1.82) is 0 Å². The van der Waals surface area contributed by atoms with E-state index >= 15 is 0 Å². The van der Waals surface area contributed by atoms with Crippen LogP contribution in [0.1, 0.15) is 6.42 Å². The van der Waals surface area contributed by atoms with Gasteiger partial charge in [-0.25, -0.2) is 4.79 Å². The summed E-state index contributed by atoms with van der Waals surface area (Å²) in [6, 6.07) is 0. The van der Waals surface area contributed by atoms with Gasteiger partial charge in [-0.05, 0) is 11.9 Å². The molecule has 1 saturated heterocycles. The number of ether oxygens (including phenoxy) is 1. The smallest absolute Gasteiger partial charge is 0.419 e. The Morgan fingerprint density at radius 2 is 2.56 bits per heavy atom. The second kappa shape index (κ2) is 2.96. The van der Waals surface area contributed by atoms with Gasteiger partial charge in [-0.3, -0.25) is 4.31 Å². The average Bonchev–Trinajstić information content (AvgIpc) is 1.89. The van der Waals surface area contributed by atoms with E-state index in [1.165, 1.54) is 11.9 Å². The predicted octanol–water partition coefficient (Wildman–Crippen LogP) is 1.11. The SMILES string of the molecule is CSN1CCCOC1=O. The summed E-state index contributed by atoms with van der Waals surface area (Å²) in [6.07, 6.45) is 2.62. The van der Waals surface area contributed by atoms with Gasteiger partial charge in [0.1, 0.15) is 0 Å². The van der Waals surface area contributed by atoms with Crippen LogP contribution in [0.25, 0.3) is 0 Å². The lowest BCUT2D eigenvalue weighted by Crippen LogP contribution is -2.31. The first-order valence-electron chi connectivity index (χ1n) is 2.83. The molecule has 0 radical (unpaired) electrons. The van der Waals surface area contributed by atoms with Crippen molar-refractivity contribution in [2.45, 2.75) is 6.42 Å². The lowest BCUT2D eigenvalue weighted by Gasteiger charge is -2.22. The Hall–Kier alpha value is -0.380. The number of hydrogen-bond acceptors (Lipinski definition) is 3. The van der Waals surface area contributed by atoms with E-state index in [1.807, 2.05) is 6.26 Å². The van der Waals surface area contributed by atoms with Crippen molar-refractivity contribution in [2.75, 3.05) is 19.4 Å². The third-order valence-corrected chi connectivity index (χ3v) is 1.93. The van der Waals surface area contributed by atoms with Gasteiger partial charge in [0.25, 0.3) is 0 Å². The molecule has 0 N–H and O–H groups in total. The van der Waals surface area contributed by atoms with Gasteiger partial charge in [-0.2, -0.15) is 0 Å². The second-order valence-electron chi connectivity index (χ2n) is 1.75. The van der Waals surface area contributed by atoms with Crippen LogP contribution in [0.2, 0.25) is 0 Å². The topological polar surface area (TPSA) is 29.5 Å². The maximum Gasteiger partial charge on any atom is 0.419 e. The molecule has 0 bridgehead atoms. The van der Waals surface area contributed by atoms with E-state index in [9.17, 15) is 4.79 Å². The lowest BCUT2D eigenvalue weighted by atomic mass is 10.4. The van der Waals surface area contributed by atoms with Crippen LogP contribution in [0.4, 0.5) is 4.79 Å². The van der Waals surface area contributed by atoms with Gasteiger partial charge < -0.3 is 4.74 Å². The number of carbonyl (C=O) groups excluding carboxylic acids is 1. The van der Waals surface area contributed by atoms with Crippen molar-refractivity contribution >= 4 is 18.0 Å². The third-order valence-electron chi connectivity index (χ3n) is 1.16. The molecule has 0 atom stereocenters. The first-order valence-corrected chi connectivity index (χ1v) is 4.01. The predicted molar refractivity (Wildman–Crippen MR) is 36.2 cm³/mol. The molecule has 0 spiro atoms. The molecule has 0 aromatic carbocycles. The van der Waals surface area contributed by atoms with E-state index < -0.39 is 0 Å². The highest BCUT2D eigenvalue weighted by Gasteiger charge is 2.17. The monoisotopic (exact) mass is 147 g/mol.